The van der Waals surface area contributed by atoms with Gasteiger partial charge in [0.2, 0.25) is 0 Å². The number of piperidine rings is 1. The first kappa shape index (κ1) is 16.8. The maximum Gasteiger partial charge on any atom is 0.151 e. The van der Waals surface area contributed by atoms with Crippen molar-refractivity contribution in [1.29, 1.82) is 0 Å². The van der Waals surface area contributed by atoms with Gasteiger partial charge in [-0.2, -0.15) is 0 Å². The highest BCUT2D eigenvalue weighted by Gasteiger charge is 2.46. The maximum absolute atomic E-state index is 14.6. The van der Waals surface area contributed by atoms with Gasteiger partial charge in [-0.25, -0.2) is 9.37 Å². The van der Waals surface area contributed by atoms with Crippen LogP contribution in [0, 0.1) is 0 Å². The summed E-state index contributed by atoms with van der Waals surface area (Å²) in [6, 6.07) is 6.19. The summed E-state index contributed by atoms with van der Waals surface area (Å²) < 4.78 is 33.6. The van der Waals surface area contributed by atoms with Crippen molar-refractivity contribution in [2.75, 3.05) is 19.0 Å². The molecule has 0 aliphatic carbocycles. The first-order valence-corrected chi connectivity index (χ1v) is 9.98. The van der Waals surface area contributed by atoms with Crippen LogP contribution in [0.1, 0.15) is 22.0 Å². The zero-order valence-corrected chi connectivity index (χ0v) is 16.9. The zero-order chi connectivity index (χ0) is 22.7. The SMILES string of the molecule is [2H][C@@]12C[C@H](N(C)c3ccc(-c4ccc(-n5ccnc5)cc4O)nn3)C[C@@]([2H])([C@H](F)C1)N2C. The summed E-state index contributed by atoms with van der Waals surface area (Å²) in [6.45, 7) is 0. The summed E-state index contributed by atoms with van der Waals surface area (Å²) in [5.41, 5.74) is 1.87. The lowest BCUT2D eigenvalue weighted by Crippen LogP contribution is -2.49. The number of imidazole rings is 1. The third-order valence-corrected chi connectivity index (χ3v) is 6.22. The lowest BCUT2D eigenvalue weighted by Gasteiger charge is -2.40. The Morgan fingerprint density at radius 1 is 1.20 bits per heavy atom. The Hall–Kier alpha value is -3.00. The first-order chi connectivity index (χ1) is 15.2. The summed E-state index contributed by atoms with van der Waals surface area (Å²) in [5.74, 6) is 0.666. The molecule has 1 N–H and O–H groups in total. The number of fused-ring (bicyclic) bond motifs is 2. The van der Waals surface area contributed by atoms with E-state index in [0.717, 1.165) is 5.69 Å². The predicted octanol–water partition coefficient (Wildman–Crippen LogP) is 3.04. The monoisotopic (exact) mass is 410 g/mol. The van der Waals surface area contributed by atoms with Crippen LogP contribution in [0.2, 0.25) is 0 Å². The Bertz CT molecular complexity index is 1130. The second-order valence-corrected chi connectivity index (χ2v) is 7.91. The minimum absolute atomic E-state index is 0.0519. The van der Waals surface area contributed by atoms with Gasteiger partial charge in [-0.3, -0.25) is 4.90 Å². The molecule has 4 atom stereocenters. The van der Waals surface area contributed by atoms with Crippen LogP contribution in [0.5, 0.6) is 5.75 Å². The van der Waals surface area contributed by atoms with E-state index in [-0.39, 0.29) is 18.2 Å². The number of aromatic nitrogens is 4. The average molecular weight is 410 g/mol. The summed E-state index contributed by atoms with van der Waals surface area (Å²) in [4.78, 5) is 7.47. The Morgan fingerprint density at radius 3 is 2.73 bits per heavy atom. The molecule has 5 rings (SSSR count). The van der Waals surface area contributed by atoms with Crippen molar-refractivity contribution < 1.29 is 12.2 Å². The van der Waals surface area contributed by atoms with Crippen molar-refractivity contribution in [3.8, 4) is 22.7 Å². The smallest absolute Gasteiger partial charge is 0.151 e. The van der Waals surface area contributed by atoms with Crippen LogP contribution in [-0.2, 0) is 0 Å². The molecule has 2 fully saturated rings. The molecular weight excluding hydrogens is 383 g/mol. The van der Waals surface area contributed by atoms with E-state index in [4.69, 9.17) is 2.74 Å². The molecule has 1 aromatic carbocycles. The van der Waals surface area contributed by atoms with Gasteiger partial charge in [-0.1, -0.05) is 0 Å². The van der Waals surface area contributed by atoms with Crippen molar-refractivity contribution in [1.82, 2.24) is 24.6 Å². The molecule has 0 amide bonds. The minimum Gasteiger partial charge on any atom is -0.507 e. The van der Waals surface area contributed by atoms with E-state index < -0.39 is 18.2 Å². The largest absolute Gasteiger partial charge is 0.507 e. The molecule has 3 aromatic rings. The fourth-order valence-electron chi connectivity index (χ4n) is 4.37. The van der Waals surface area contributed by atoms with Gasteiger partial charge in [0.1, 0.15) is 11.9 Å². The van der Waals surface area contributed by atoms with Crippen LogP contribution in [0.25, 0.3) is 16.9 Å². The molecule has 8 heteroatoms. The third kappa shape index (κ3) is 3.21. The Morgan fingerprint density at radius 2 is 2.07 bits per heavy atom. The fourth-order valence-corrected chi connectivity index (χ4v) is 4.37. The number of anilines is 1. The Kier molecular flexibility index (Phi) is 4.11. The van der Waals surface area contributed by atoms with Gasteiger partial charge in [0, 0.05) is 51.9 Å². The van der Waals surface area contributed by atoms with E-state index >= 15 is 0 Å². The molecule has 156 valence electrons. The number of benzene rings is 1. The maximum atomic E-state index is 14.6. The van der Waals surface area contributed by atoms with Gasteiger partial charge in [-0.15, -0.1) is 10.2 Å². The number of alkyl halides is 1. The predicted molar refractivity (Wildman–Crippen MR) is 113 cm³/mol. The van der Waals surface area contributed by atoms with Gasteiger partial charge in [-0.05, 0) is 50.6 Å². The molecular formula is C22H25FN6O. The number of rotatable bonds is 4. The third-order valence-electron chi connectivity index (χ3n) is 6.22. The molecule has 0 saturated carbocycles. The van der Waals surface area contributed by atoms with E-state index in [1.165, 1.54) is 0 Å². The van der Waals surface area contributed by atoms with Gasteiger partial charge in [0.15, 0.2) is 5.82 Å². The molecule has 2 aliphatic rings. The average Bonchev–Trinajstić information content (AvgIpc) is 3.34. The second kappa shape index (κ2) is 7.36. The van der Waals surface area contributed by atoms with E-state index in [1.54, 1.807) is 59.5 Å². The molecule has 7 nitrogen and oxygen atoms in total. The molecule has 0 radical (unpaired) electrons. The van der Waals surface area contributed by atoms with Crippen molar-refractivity contribution in [3.63, 3.8) is 0 Å². The molecule has 2 aliphatic heterocycles. The van der Waals surface area contributed by atoms with Gasteiger partial charge < -0.3 is 14.6 Å². The number of aromatic hydroxyl groups is 1. The number of halogens is 1. The van der Waals surface area contributed by atoms with E-state index in [9.17, 15) is 9.50 Å². The van der Waals surface area contributed by atoms with Crippen LogP contribution in [0.3, 0.4) is 0 Å². The summed E-state index contributed by atoms with van der Waals surface area (Å²) in [7, 11) is 3.52. The van der Waals surface area contributed by atoms with Crippen LogP contribution in [0.15, 0.2) is 49.1 Å². The summed E-state index contributed by atoms with van der Waals surface area (Å²) >= 11 is 0. The topological polar surface area (TPSA) is 70.3 Å². The lowest BCUT2D eigenvalue weighted by molar-refractivity contribution is 0.136. The Labute approximate surface area is 177 Å². The standard InChI is InChI=1S/C22H25FN6O/c1-27-15-9-16(11-20(27)18(23)10-15)28(2)22-6-5-19(25-26-22)17-4-3-14(12-21(17)30)29-8-7-24-13-29/h3-8,12-13,15-16,18,20,30H,9-11H2,1-2H3/t15-,16+,18-,20+/m1/s1/i15D,20D. The van der Waals surface area contributed by atoms with Crippen molar-refractivity contribution in [2.24, 2.45) is 0 Å². The second-order valence-electron chi connectivity index (χ2n) is 7.91. The van der Waals surface area contributed by atoms with Gasteiger partial charge in [0.05, 0.1) is 17.7 Å². The van der Waals surface area contributed by atoms with E-state index in [1.807, 2.05) is 18.0 Å². The van der Waals surface area contributed by atoms with Crippen LogP contribution < -0.4 is 4.90 Å². The quantitative estimate of drug-likeness (QED) is 0.713. The van der Waals surface area contributed by atoms with Crippen LogP contribution in [0.4, 0.5) is 10.2 Å². The molecule has 0 spiro atoms. The van der Waals surface area contributed by atoms with Crippen molar-refractivity contribution in [2.45, 2.75) is 43.5 Å². The molecule has 2 aromatic heterocycles. The summed E-state index contributed by atoms with van der Waals surface area (Å²) in [6.07, 6.45) is 4.55. The van der Waals surface area contributed by atoms with Crippen LogP contribution >= 0.6 is 0 Å². The Balaban J connectivity index is 1.36. The normalized spacial score (nSPS) is 32.0. The van der Waals surface area contributed by atoms with E-state index in [2.05, 4.69) is 15.2 Å². The number of hydrogen-bond donors (Lipinski definition) is 1. The van der Waals surface area contributed by atoms with Crippen molar-refractivity contribution in [3.05, 3.63) is 49.1 Å². The van der Waals surface area contributed by atoms with Crippen LogP contribution in [-0.4, -0.2) is 68.1 Å². The molecule has 2 saturated heterocycles. The molecule has 4 heterocycles. The molecule has 0 unspecified atom stereocenters. The number of phenolic OH excluding ortho intramolecular Hbond substituents is 1. The van der Waals surface area contributed by atoms with Gasteiger partial charge >= 0.3 is 0 Å². The van der Waals surface area contributed by atoms with Crippen molar-refractivity contribution >= 4 is 5.82 Å². The van der Waals surface area contributed by atoms with E-state index in [0.29, 0.717) is 29.9 Å². The van der Waals surface area contributed by atoms with Gasteiger partial charge in [0.25, 0.3) is 0 Å². The molecule has 30 heavy (non-hydrogen) atoms. The lowest BCUT2D eigenvalue weighted by atomic mass is 9.96. The number of phenols is 1. The molecule has 2 bridgehead atoms. The number of nitrogens with zero attached hydrogens (tertiary/aromatic N) is 6. The minimum atomic E-state index is -1.39. The highest BCUT2D eigenvalue weighted by molar-refractivity contribution is 5.69. The highest BCUT2D eigenvalue weighted by Crippen LogP contribution is 2.38. The number of hydrogen-bond acceptors (Lipinski definition) is 6. The zero-order valence-electron chi connectivity index (χ0n) is 18.9. The first-order valence-electron chi connectivity index (χ1n) is 11.0. The summed E-state index contributed by atoms with van der Waals surface area (Å²) in [5, 5.41) is 19.1. The highest BCUT2D eigenvalue weighted by atomic mass is 19.1. The fraction of sp³-hybridized carbons (Fsp3) is 0.409.